The Labute approximate surface area is 166 Å². The van der Waals surface area contributed by atoms with Crippen molar-refractivity contribution in [1.82, 2.24) is 25.5 Å². The van der Waals surface area contributed by atoms with E-state index in [1.807, 2.05) is 25.2 Å². The fourth-order valence-corrected chi connectivity index (χ4v) is 3.14. The molecule has 0 aliphatic carbocycles. The van der Waals surface area contributed by atoms with E-state index in [1.165, 1.54) is 0 Å². The maximum Gasteiger partial charge on any atom is 0.335 e. The lowest BCUT2D eigenvalue weighted by molar-refractivity contribution is 0.0697. The number of aromatic carboxylic acids is 1. The van der Waals surface area contributed by atoms with Crippen molar-refractivity contribution >= 4 is 30.1 Å². The van der Waals surface area contributed by atoms with E-state index in [0.29, 0.717) is 12.3 Å². The van der Waals surface area contributed by atoms with Gasteiger partial charge >= 0.3 is 5.97 Å². The van der Waals surface area contributed by atoms with Gasteiger partial charge in [0.2, 0.25) is 5.16 Å². The fraction of sp³-hybridized carbons (Fsp3) is 0.294. The number of rotatable bonds is 9. The molecule has 8 nitrogen and oxygen atoms in total. The molecular formula is C17H20ClN5O3S. The van der Waals surface area contributed by atoms with E-state index in [1.54, 1.807) is 34.6 Å². The second-order valence-corrected chi connectivity index (χ2v) is 6.68. The van der Waals surface area contributed by atoms with Crippen LogP contribution >= 0.6 is 24.2 Å². The predicted molar refractivity (Wildman–Crippen MR) is 104 cm³/mol. The van der Waals surface area contributed by atoms with Crippen LogP contribution < -0.4 is 5.32 Å². The number of benzene rings is 1. The first-order chi connectivity index (χ1) is 12.6. The van der Waals surface area contributed by atoms with Crippen molar-refractivity contribution in [3.05, 3.63) is 47.7 Å². The van der Waals surface area contributed by atoms with Crippen LogP contribution in [0.25, 0.3) is 11.3 Å². The minimum atomic E-state index is -0.949. The van der Waals surface area contributed by atoms with Gasteiger partial charge in [-0.3, -0.25) is 0 Å². The van der Waals surface area contributed by atoms with Crippen molar-refractivity contribution in [3.63, 3.8) is 0 Å². The molecule has 2 aromatic heterocycles. The van der Waals surface area contributed by atoms with Gasteiger partial charge < -0.3 is 14.8 Å². The first-order valence-corrected chi connectivity index (χ1v) is 9.10. The molecule has 3 rings (SSSR count). The van der Waals surface area contributed by atoms with E-state index in [-0.39, 0.29) is 18.0 Å². The Morgan fingerprint density at radius 2 is 2.19 bits per heavy atom. The van der Waals surface area contributed by atoms with Crippen LogP contribution in [0, 0.1) is 0 Å². The maximum absolute atomic E-state index is 11.1. The third-order valence-electron chi connectivity index (χ3n) is 3.67. The molecule has 0 saturated heterocycles. The highest BCUT2D eigenvalue weighted by Crippen LogP contribution is 2.23. The van der Waals surface area contributed by atoms with Crippen molar-refractivity contribution in [2.45, 2.75) is 18.1 Å². The molecule has 1 aromatic carbocycles. The number of thioether (sulfide) groups is 1. The van der Waals surface area contributed by atoms with Crippen LogP contribution in [0.2, 0.25) is 0 Å². The molecule has 10 heteroatoms. The number of hydrogen-bond acceptors (Lipinski definition) is 7. The smallest absolute Gasteiger partial charge is 0.335 e. The molecule has 0 aliphatic heterocycles. The van der Waals surface area contributed by atoms with Crippen LogP contribution in [-0.4, -0.2) is 43.6 Å². The molecule has 27 heavy (non-hydrogen) atoms. The molecule has 2 N–H and O–H groups in total. The normalized spacial score (nSPS) is 10.6. The van der Waals surface area contributed by atoms with E-state index in [2.05, 4.69) is 20.8 Å². The number of furan rings is 1. The highest BCUT2D eigenvalue weighted by molar-refractivity contribution is 7.99. The lowest BCUT2D eigenvalue weighted by Crippen LogP contribution is -2.14. The molecule has 0 radical (unpaired) electrons. The van der Waals surface area contributed by atoms with Crippen molar-refractivity contribution in [1.29, 1.82) is 0 Å². The Kier molecular flexibility index (Phi) is 7.83. The molecule has 0 saturated carbocycles. The zero-order valence-corrected chi connectivity index (χ0v) is 16.3. The summed E-state index contributed by atoms with van der Waals surface area (Å²) in [6.07, 6.45) is 0.978. The quantitative estimate of drug-likeness (QED) is 0.410. The number of carboxylic acids is 1. The van der Waals surface area contributed by atoms with Gasteiger partial charge in [0.25, 0.3) is 0 Å². The number of nitrogens with one attached hydrogen (secondary N) is 1. The molecule has 0 aliphatic rings. The van der Waals surface area contributed by atoms with Gasteiger partial charge in [-0.15, -0.1) is 17.5 Å². The standard InChI is InChI=1S/C17H19N5O3S.ClH/c1-22-17(19-20-21-22)26-9-3-8-18-11-14-6-7-15(25-14)12-4-2-5-13(10-12)16(23)24;/h2,4-7,10,18H,3,8-9,11H2,1H3,(H,23,24);1H. The summed E-state index contributed by atoms with van der Waals surface area (Å²) < 4.78 is 7.45. The minimum Gasteiger partial charge on any atom is -0.478 e. The Hall–Kier alpha value is -2.36. The molecule has 0 spiro atoms. The van der Waals surface area contributed by atoms with Gasteiger partial charge in [-0.05, 0) is 47.7 Å². The number of carboxylic acid groups (broad SMARTS) is 1. The largest absolute Gasteiger partial charge is 0.478 e. The third-order valence-corrected chi connectivity index (χ3v) is 4.76. The van der Waals surface area contributed by atoms with Gasteiger partial charge in [-0.25, -0.2) is 9.48 Å². The summed E-state index contributed by atoms with van der Waals surface area (Å²) >= 11 is 1.62. The number of nitrogens with zero attached hydrogens (tertiary/aromatic N) is 4. The molecule has 0 amide bonds. The SMILES string of the molecule is Cl.Cn1nnnc1SCCCNCc1ccc(-c2cccc(C(=O)O)c2)o1. The Morgan fingerprint density at radius 1 is 1.33 bits per heavy atom. The molecule has 0 unspecified atom stereocenters. The minimum absolute atomic E-state index is 0. The Balaban J connectivity index is 0.00000261. The van der Waals surface area contributed by atoms with Crippen molar-refractivity contribution in [2.75, 3.05) is 12.3 Å². The zero-order chi connectivity index (χ0) is 18.4. The second kappa shape index (κ2) is 10.1. The van der Waals surface area contributed by atoms with Gasteiger partial charge in [-0.1, -0.05) is 23.9 Å². The van der Waals surface area contributed by atoms with E-state index in [4.69, 9.17) is 9.52 Å². The van der Waals surface area contributed by atoms with Crippen molar-refractivity contribution in [2.24, 2.45) is 7.05 Å². The number of halogens is 1. The summed E-state index contributed by atoms with van der Waals surface area (Å²) in [5.41, 5.74) is 0.999. The Bertz CT molecular complexity index is 883. The molecule has 3 aromatic rings. The molecule has 0 bridgehead atoms. The van der Waals surface area contributed by atoms with E-state index in [9.17, 15) is 4.79 Å². The van der Waals surface area contributed by atoms with Crippen LogP contribution in [-0.2, 0) is 13.6 Å². The van der Waals surface area contributed by atoms with Crippen LogP contribution in [0.15, 0.2) is 46.0 Å². The Morgan fingerprint density at radius 3 is 2.93 bits per heavy atom. The molecular weight excluding hydrogens is 390 g/mol. The van der Waals surface area contributed by atoms with Gasteiger partial charge in [0.15, 0.2) is 0 Å². The highest BCUT2D eigenvalue weighted by atomic mass is 35.5. The van der Waals surface area contributed by atoms with Gasteiger partial charge in [0.1, 0.15) is 11.5 Å². The number of aromatic nitrogens is 4. The van der Waals surface area contributed by atoms with Crippen LogP contribution in [0.5, 0.6) is 0 Å². The molecule has 144 valence electrons. The summed E-state index contributed by atoms with van der Waals surface area (Å²) in [5.74, 6) is 1.45. The van der Waals surface area contributed by atoms with Crippen molar-refractivity contribution < 1.29 is 14.3 Å². The summed E-state index contributed by atoms with van der Waals surface area (Å²) in [5, 5.41) is 24.5. The topological polar surface area (TPSA) is 106 Å². The number of hydrogen-bond donors (Lipinski definition) is 2. The highest BCUT2D eigenvalue weighted by Gasteiger charge is 2.08. The summed E-state index contributed by atoms with van der Waals surface area (Å²) in [6, 6.07) is 10.5. The number of tetrazole rings is 1. The molecule has 2 heterocycles. The zero-order valence-electron chi connectivity index (χ0n) is 14.7. The van der Waals surface area contributed by atoms with Gasteiger partial charge in [0, 0.05) is 18.4 Å². The number of carbonyl (C=O) groups is 1. The van der Waals surface area contributed by atoms with E-state index < -0.39 is 5.97 Å². The fourth-order valence-electron chi connectivity index (χ4n) is 2.35. The average Bonchev–Trinajstić information content (AvgIpc) is 3.27. The average molecular weight is 410 g/mol. The van der Waals surface area contributed by atoms with E-state index >= 15 is 0 Å². The van der Waals surface area contributed by atoms with Gasteiger partial charge in [0.05, 0.1) is 12.1 Å². The lowest BCUT2D eigenvalue weighted by Gasteiger charge is -2.03. The third kappa shape index (κ3) is 5.81. The number of aryl methyl sites for hydroxylation is 1. The summed E-state index contributed by atoms with van der Waals surface area (Å²) in [6.45, 7) is 1.47. The van der Waals surface area contributed by atoms with E-state index in [0.717, 1.165) is 35.2 Å². The van der Waals surface area contributed by atoms with Crippen LogP contribution in [0.3, 0.4) is 0 Å². The van der Waals surface area contributed by atoms with Gasteiger partial charge in [-0.2, -0.15) is 0 Å². The summed E-state index contributed by atoms with van der Waals surface area (Å²) in [4.78, 5) is 11.1. The maximum atomic E-state index is 11.1. The predicted octanol–water partition coefficient (Wildman–Crippen LogP) is 2.86. The monoisotopic (exact) mass is 409 g/mol. The molecule has 0 atom stereocenters. The van der Waals surface area contributed by atoms with Crippen molar-refractivity contribution in [3.8, 4) is 11.3 Å². The van der Waals surface area contributed by atoms with Crippen LogP contribution in [0.1, 0.15) is 22.5 Å². The second-order valence-electron chi connectivity index (χ2n) is 5.62. The first kappa shape index (κ1) is 20.9. The molecule has 0 fully saturated rings. The summed E-state index contributed by atoms with van der Waals surface area (Å²) in [7, 11) is 1.82. The lowest BCUT2D eigenvalue weighted by atomic mass is 10.1. The first-order valence-electron chi connectivity index (χ1n) is 8.12. The van der Waals surface area contributed by atoms with Crippen LogP contribution in [0.4, 0.5) is 0 Å².